The van der Waals surface area contributed by atoms with Crippen LogP contribution in [0.4, 0.5) is 0 Å². The number of carbonyl (C=O) groups excluding carboxylic acids is 1. The Labute approximate surface area is 199 Å². The van der Waals surface area contributed by atoms with Crippen molar-refractivity contribution >= 4 is 5.97 Å². The molecule has 0 N–H and O–H groups in total. The SMILES string of the molecule is CCCCCOCCOCCOCCOCCOCCOCCOCCOCCOC(C)=O. The molecule has 0 saturated carbocycles. The highest BCUT2D eigenvalue weighted by Crippen LogP contribution is 1.94. The topological polar surface area (TPSA) is 100 Å². The minimum Gasteiger partial charge on any atom is -0.463 e. The molecule has 0 spiro atoms. The largest absolute Gasteiger partial charge is 0.463 e. The summed E-state index contributed by atoms with van der Waals surface area (Å²) in [7, 11) is 0. The fraction of sp³-hybridized carbons (Fsp3) is 0.957. The summed E-state index contributed by atoms with van der Waals surface area (Å²) in [4.78, 5) is 10.5. The van der Waals surface area contributed by atoms with Gasteiger partial charge in [0.25, 0.3) is 0 Å². The predicted octanol–water partition coefficient (Wildman–Crippen LogP) is 1.87. The number of unbranched alkanes of at least 4 members (excludes halogenated alkanes) is 2. The van der Waals surface area contributed by atoms with Gasteiger partial charge in [-0.3, -0.25) is 4.79 Å². The van der Waals surface area contributed by atoms with E-state index in [2.05, 4.69) is 6.92 Å². The van der Waals surface area contributed by atoms with Crippen molar-refractivity contribution in [3.05, 3.63) is 0 Å². The second kappa shape index (κ2) is 29.2. The quantitative estimate of drug-likeness (QED) is 0.121. The Hall–Kier alpha value is -0.850. The minimum atomic E-state index is -0.305. The molecule has 0 fully saturated rings. The molecular weight excluding hydrogens is 436 g/mol. The molecule has 0 amide bonds. The summed E-state index contributed by atoms with van der Waals surface area (Å²) >= 11 is 0. The Bertz CT molecular complexity index is 384. The van der Waals surface area contributed by atoms with E-state index < -0.39 is 0 Å². The van der Waals surface area contributed by atoms with E-state index in [-0.39, 0.29) is 12.6 Å². The van der Waals surface area contributed by atoms with E-state index in [0.29, 0.717) is 99.1 Å². The molecule has 0 bridgehead atoms. The normalized spacial score (nSPS) is 11.2. The molecule has 0 saturated heterocycles. The standard InChI is InChI=1S/C23H46O10/c1-3-4-5-6-25-7-8-26-9-10-27-11-12-28-13-14-29-15-16-30-17-18-31-19-20-32-21-22-33-23(2)24/h3-22H2,1-2H3. The fourth-order valence-electron chi connectivity index (χ4n) is 2.34. The average Bonchev–Trinajstić information content (AvgIpc) is 2.80. The smallest absolute Gasteiger partial charge is 0.302 e. The third-order valence-corrected chi connectivity index (χ3v) is 4.03. The van der Waals surface area contributed by atoms with Crippen LogP contribution < -0.4 is 0 Å². The first kappa shape index (κ1) is 32.1. The lowest BCUT2D eigenvalue weighted by atomic mass is 10.3. The van der Waals surface area contributed by atoms with E-state index in [4.69, 9.17) is 42.6 Å². The van der Waals surface area contributed by atoms with Gasteiger partial charge in [-0.25, -0.2) is 0 Å². The summed E-state index contributed by atoms with van der Waals surface area (Å²) in [6.07, 6.45) is 3.55. The van der Waals surface area contributed by atoms with Gasteiger partial charge in [0.05, 0.1) is 99.1 Å². The summed E-state index contributed by atoms with van der Waals surface area (Å²) in [5.41, 5.74) is 0. The molecule has 0 heterocycles. The van der Waals surface area contributed by atoms with Gasteiger partial charge in [-0.2, -0.15) is 0 Å². The van der Waals surface area contributed by atoms with E-state index in [9.17, 15) is 4.79 Å². The maximum atomic E-state index is 10.5. The Morgan fingerprint density at radius 1 is 0.424 bits per heavy atom. The first-order valence-electron chi connectivity index (χ1n) is 12.0. The van der Waals surface area contributed by atoms with Gasteiger partial charge >= 0.3 is 5.97 Å². The van der Waals surface area contributed by atoms with Crippen LogP contribution in [0, 0.1) is 0 Å². The zero-order valence-corrected chi connectivity index (χ0v) is 20.7. The highest BCUT2D eigenvalue weighted by Gasteiger charge is 1.96. The Morgan fingerprint density at radius 3 is 0.970 bits per heavy atom. The van der Waals surface area contributed by atoms with E-state index >= 15 is 0 Å². The Morgan fingerprint density at radius 2 is 0.697 bits per heavy atom. The van der Waals surface area contributed by atoms with Crippen LogP contribution in [0.5, 0.6) is 0 Å². The summed E-state index contributed by atoms with van der Waals surface area (Å²) < 4.78 is 47.9. The van der Waals surface area contributed by atoms with Gasteiger partial charge in [-0.1, -0.05) is 19.8 Å². The third-order valence-electron chi connectivity index (χ3n) is 4.03. The highest BCUT2D eigenvalue weighted by atomic mass is 16.6. The molecule has 198 valence electrons. The number of ether oxygens (including phenoxy) is 9. The van der Waals surface area contributed by atoms with Crippen molar-refractivity contribution in [2.45, 2.75) is 33.1 Å². The summed E-state index contributed by atoms with van der Waals surface area (Å²) in [5, 5.41) is 0. The monoisotopic (exact) mass is 482 g/mol. The van der Waals surface area contributed by atoms with Gasteiger partial charge < -0.3 is 42.6 Å². The zero-order valence-electron chi connectivity index (χ0n) is 20.7. The van der Waals surface area contributed by atoms with Crippen molar-refractivity contribution in [1.82, 2.24) is 0 Å². The van der Waals surface area contributed by atoms with Crippen molar-refractivity contribution in [3.63, 3.8) is 0 Å². The number of rotatable bonds is 28. The summed E-state index contributed by atoms with van der Waals surface area (Å²) in [6.45, 7) is 12.4. The van der Waals surface area contributed by atoms with Gasteiger partial charge in [0.15, 0.2) is 0 Å². The Kier molecular flexibility index (Phi) is 28.4. The van der Waals surface area contributed by atoms with Crippen LogP contribution in [0.25, 0.3) is 0 Å². The molecule has 0 aliphatic rings. The van der Waals surface area contributed by atoms with Crippen LogP contribution >= 0.6 is 0 Å². The van der Waals surface area contributed by atoms with Crippen molar-refractivity contribution in [2.24, 2.45) is 0 Å². The van der Waals surface area contributed by atoms with Crippen LogP contribution in [0.15, 0.2) is 0 Å². The molecule has 0 aromatic rings. The second-order valence-corrected chi connectivity index (χ2v) is 6.95. The average molecular weight is 483 g/mol. The maximum Gasteiger partial charge on any atom is 0.302 e. The molecule has 0 aliphatic heterocycles. The first-order chi connectivity index (χ1) is 16.3. The van der Waals surface area contributed by atoms with Gasteiger partial charge in [-0.15, -0.1) is 0 Å². The van der Waals surface area contributed by atoms with Crippen molar-refractivity contribution in [3.8, 4) is 0 Å². The second-order valence-electron chi connectivity index (χ2n) is 6.95. The fourth-order valence-corrected chi connectivity index (χ4v) is 2.34. The number of hydrogen-bond acceptors (Lipinski definition) is 10. The number of esters is 1. The molecule has 33 heavy (non-hydrogen) atoms. The summed E-state index contributed by atoms with van der Waals surface area (Å²) in [6, 6.07) is 0. The van der Waals surface area contributed by atoms with Gasteiger partial charge in [0.1, 0.15) is 6.61 Å². The Balaban J connectivity index is 3.01. The van der Waals surface area contributed by atoms with Gasteiger partial charge in [-0.05, 0) is 6.42 Å². The van der Waals surface area contributed by atoms with Crippen LogP contribution in [0.3, 0.4) is 0 Å². The van der Waals surface area contributed by atoms with E-state index in [1.165, 1.54) is 19.8 Å². The molecule has 0 aromatic carbocycles. The lowest BCUT2D eigenvalue weighted by Crippen LogP contribution is -2.15. The van der Waals surface area contributed by atoms with E-state index in [1.54, 1.807) is 0 Å². The lowest BCUT2D eigenvalue weighted by molar-refractivity contribution is -0.142. The molecule has 10 nitrogen and oxygen atoms in total. The van der Waals surface area contributed by atoms with Crippen molar-refractivity contribution in [2.75, 3.05) is 112 Å². The van der Waals surface area contributed by atoms with Crippen molar-refractivity contribution in [1.29, 1.82) is 0 Å². The molecule has 0 radical (unpaired) electrons. The molecule has 0 unspecified atom stereocenters. The molecular formula is C23H46O10. The van der Waals surface area contributed by atoms with Gasteiger partial charge in [0.2, 0.25) is 0 Å². The molecule has 0 rings (SSSR count). The summed E-state index contributed by atoms with van der Waals surface area (Å²) in [5.74, 6) is -0.305. The van der Waals surface area contributed by atoms with Crippen molar-refractivity contribution < 1.29 is 47.4 Å². The van der Waals surface area contributed by atoms with Crippen LogP contribution in [0.2, 0.25) is 0 Å². The zero-order chi connectivity index (χ0) is 24.1. The van der Waals surface area contributed by atoms with Gasteiger partial charge in [0, 0.05) is 13.5 Å². The van der Waals surface area contributed by atoms with E-state index in [0.717, 1.165) is 13.0 Å². The number of hydrogen-bond donors (Lipinski definition) is 0. The third kappa shape index (κ3) is 31.1. The van der Waals surface area contributed by atoms with Crippen LogP contribution in [0.1, 0.15) is 33.1 Å². The highest BCUT2D eigenvalue weighted by molar-refractivity contribution is 5.65. The van der Waals surface area contributed by atoms with Crippen LogP contribution in [-0.2, 0) is 47.4 Å². The van der Waals surface area contributed by atoms with E-state index in [1.807, 2.05) is 0 Å². The lowest BCUT2D eigenvalue weighted by Gasteiger charge is -2.08. The maximum absolute atomic E-state index is 10.5. The minimum absolute atomic E-state index is 0.266. The molecule has 0 atom stereocenters. The first-order valence-corrected chi connectivity index (χ1v) is 12.0. The predicted molar refractivity (Wildman–Crippen MR) is 123 cm³/mol. The molecule has 0 aliphatic carbocycles. The molecule has 10 heteroatoms. The molecule has 0 aromatic heterocycles. The number of carbonyl (C=O) groups is 1. The van der Waals surface area contributed by atoms with Crippen LogP contribution in [-0.4, -0.2) is 118 Å².